The molecule has 3 aromatic heterocycles. The zero-order valence-corrected chi connectivity index (χ0v) is 13.2. The maximum atomic E-state index is 5.58. The van der Waals surface area contributed by atoms with Gasteiger partial charge in [-0.3, -0.25) is 4.68 Å². The monoisotopic (exact) mass is 321 g/mol. The van der Waals surface area contributed by atoms with Crippen molar-refractivity contribution >= 4 is 16.9 Å². The number of hydrogen-bond donors (Lipinski definition) is 3. The van der Waals surface area contributed by atoms with E-state index in [1.165, 1.54) is 16.5 Å². The normalized spacial score (nSPS) is 11.3. The van der Waals surface area contributed by atoms with E-state index in [0.717, 1.165) is 37.2 Å². The second-order valence-corrected chi connectivity index (χ2v) is 5.86. The number of nitrogen functional groups attached to an aromatic ring is 1. The molecule has 7 nitrogen and oxygen atoms in total. The average Bonchev–Trinajstić information content (AvgIpc) is 3.31. The number of anilines is 1. The van der Waals surface area contributed by atoms with Crippen LogP contribution in [0.5, 0.6) is 0 Å². The Balaban J connectivity index is 1.36. The van der Waals surface area contributed by atoms with Crippen molar-refractivity contribution in [3.05, 3.63) is 59.8 Å². The highest BCUT2D eigenvalue weighted by Crippen LogP contribution is 2.18. The minimum absolute atomic E-state index is 0.451. The smallest absolute Gasteiger partial charge is 0.197 e. The second kappa shape index (κ2) is 6.19. The van der Waals surface area contributed by atoms with Crippen molar-refractivity contribution < 1.29 is 0 Å². The molecule has 0 amide bonds. The van der Waals surface area contributed by atoms with Crippen LogP contribution < -0.4 is 5.73 Å². The lowest BCUT2D eigenvalue weighted by molar-refractivity contribution is 0.590. The fraction of sp³-hybridized carbons (Fsp3) is 0.235. The van der Waals surface area contributed by atoms with Gasteiger partial charge in [0, 0.05) is 36.0 Å². The number of hydrogen-bond acceptors (Lipinski definition) is 4. The van der Waals surface area contributed by atoms with Crippen molar-refractivity contribution in [2.24, 2.45) is 0 Å². The van der Waals surface area contributed by atoms with Crippen LogP contribution in [0.1, 0.15) is 17.0 Å². The molecule has 0 saturated heterocycles. The number of aromatic nitrogens is 6. The van der Waals surface area contributed by atoms with Crippen LogP contribution >= 0.6 is 0 Å². The lowest BCUT2D eigenvalue weighted by atomic mass is 10.1. The van der Waals surface area contributed by atoms with Gasteiger partial charge in [0.25, 0.3) is 0 Å². The molecule has 0 unspecified atom stereocenters. The highest BCUT2D eigenvalue weighted by molar-refractivity contribution is 5.82. The average molecular weight is 321 g/mol. The predicted molar refractivity (Wildman–Crippen MR) is 92.4 cm³/mol. The van der Waals surface area contributed by atoms with Crippen LogP contribution in [0.3, 0.4) is 0 Å². The molecule has 0 bridgehead atoms. The van der Waals surface area contributed by atoms with Crippen molar-refractivity contribution in [2.45, 2.75) is 25.8 Å². The first-order valence-electron chi connectivity index (χ1n) is 8.02. The van der Waals surface area contributed by atoms with Crippen molar-refractivity contribution in [2.75, 3.05) is 5.73 Å². The van der Waals surface area contributed by atoms with E-state index in [1.54, 1.807) is 0 Å². The van der Waals surface area contributed by atoms with Crippen LogP contribution in [0.4, 0.5) is 5.95 Å². The summed E-state index contributed by atoms with van der Waals surface area (Å²) in [5.41, 5.74) is 9.96. The molecule has 24 heavy (non-hydrogen) atoms. The van der Waals surface area contributed by atoms with Crippen molar-refractivity contribution in [3.63, 3.8) is 0 Å². The Morgan fingerprint density at radius 1 is 1.00 bits per heavy atom. The molecule has 0 radical (unpaired) electrons. The van der Waals surface area contributed by atoms with Crippen LogP contribution in [0, 0.1) is 0 Å². The molecular formula is C17H19N7. The summed E-state index contributed by atoms with van der Waals surface area (Å²) in [6, 6.07) is 8.34. The number of imidazole rings is 1. The van der Waals surface area contributed by atoms with Gasteiger partial charge in [-0.15, -0.1) is 5.10 Å². The Hall–Kier alpha value is -3.09. The fourth-order valence-electron chi connectivity index (χ4n) is 2.90. The number of nitrogens with zero attached hydrogens (tertiary/aromatic N) is 4. The van der Waals surface area contributed by atoms with Gasteiger partial charge < -0.3 is 15.7 Å². The van der Waals surface area contributed by atoms with Gasteiger partial charge in [0.15, 0.2) is 5.95 Å². The van der Waals surface area contributed by atoms with E-state index in [0.29, 0.717) is 5.95 Å². The van der Waals surface area contributed by atoms with E-state index >= 15 is 0 Å². The third-order valence-corrected chi connectivity index (χ3v) is 4.16. The molecule has 0 saturated carbocycles. The number of nitrogens with one attached hydrogen (secondary N) is 2. The quantitative estimate of drug-likeness (QED) is 0.506. The Morgan fingerprint density at radius 2 is 1.88 bits per heavy atom. The predicted octanol–water partition coefficient (Wildman–Crippen LogP) is 2.09. The summed E-state index contributed by atoms with van der Waals surface area (Å²) in [5, 5.41) is 9.73. The van der Waals surface area contributed by atoms with E-state index in [4.69, 9.17) is 5.73 Å². The maximum absolute atomic E-state index is 5.58. The summed E-state index contributed by atoms with van der Waals surface area (Å²) >= 11 is 0. The molecule has 122 valence electrons. The number of fused-ring (bicyclic) bond motifs is 1. The molecular weight excluding hydrogens is 302 g/mol. The summed E-state index contributed by atoms with van der Waals surface area (Å²) in [7, 11) is 0. The van der Waals surface area contributed by atoms with Crippen molar-refractivity contribution in [3.8, 4) is 0 Å². The molecule has 4 rings (SSSR count). The molecule has 1 aromatic carbocycles. The largest absolute Gasteiger partial charge is 0.369 e. The highest BCUT2D eigenvalue weighted by Gasteiger charge is 2.06. The van der Waals surface area contributed by atoms with Crippen molar-refractivity contribution in [1.29, 1.82) is 0 Å². The van der Waals surface area contributed by atoms with Gasteiger partial charge in [0.1, 0.15) is 0 Å². The lowest BCUT2D eigenvalue weighted by Crippen LogP contribution is -2.01. The number of aromatic amines is 2. The molecule has 0 aliphatic carbocycles. The van der Waals surface area contributed by atoms with Gasteiger partial charge in [-0.1, -0.05) is 23.4 Å². The third-order valence-electron chi connectivity index (χ3n) is 4.16. The fourth-order valence-corrected chi connectivity index (χ4v) is 2.90. The molecule has 0 aliphatic heterocycles. The van der Waals surface area contributed by atoms with Gasteiger partial charge in [0.05, 0.1) is 11.4 Å². The Kier molecular flexibility index (Phi) is 3.74. The summed E-state index contributed by atoms with van der Waals surface area (Å²) in [6.07, 6.45) is 8.43. The molecule has 4 N–H and O–H groups in total. The van der Waals surface area contributed by atoms with Crippen molar-refractivity contribution in [1.82, 2.24) is 29.9 Å². The third kappa shape index (κ3) is 3.01. The SMILES string of the molecule is Nc1nc(CCc2cn(CCc3c[nH]c4ccccc34)nn2)c[nH]1. The summed E-state index contributed by atoms with van der Waals surface area (Å²) in [4.78, 5) is 10.4. The molecule has 7 heteroatoms. The minimum Gasteiger partial charge on any atom is -0.369 e. The molecule has 0 aliphatic rings. The Morgan fingerprint density at radius 3 is 2.75 bits per heavy atom. The number of para-hydroxylation sites is 1. The summed E-state index contributed by atoms with van der Waals surface area (Å²) in [5.74, 6) is 0.451. The van der Waals surface area contributed by atoms with Crippen LogP contribution in [-0.2, 0) is 25.8 Å². The Labute approximate surface area is 138 Å². The summed E-state index contributed by atoms with van der Waals surface area (Å²) in [6.45, 7) is 0.810. The van der Waals surface area contributed by atoms with Gasteiger partial charge in [-0.25, -0.2) is 4.98 Å². The zero-order chi connectivity index (χ0) is 16.4. The van der Waals surface area contributed by atoms with E-state index in [9.17, 15) is 0 Å². The van der Waals surface area contributed by atoms with E-state index in [-0.39, 0.29) is 0 Å². The van der Waals surface area contributed by atoms with Gasteiger partial charge in [-0.2, -0.15) is 0 Å². The van der Waals surface area contributed by atoms with E-state index < -0.39 is 0 Å². The molecule has 3 heterocycles. The first-order chi connectivity index (χ1) is 11.8. The highest BCUT2D eigenvalue weighted by atomic mass is 15.4. The molecule has 0 fully saturated rings. The van der Waals surface area contributed by atoms with Gasteiger partial charge in [-0.05, 0) is 30.9 Å². The Bertz CT molecular complexity index is 947. The first-order valence-corrected chi connectivity index (χ1v) is 8.02. The minimum atomic E-state index is 0.451. The van der Waals surface area contributed by atoms with Gasteiger partial charge in [0.2, 0.25) is 0 Å². The standard InChI is InChI=1S/C17H19N7/c18-17-20-10-13(21-17)5-6-14-11-24(23-22-14)8-7-12-9-19-16-4-2-1-3-15(12)16/h1-4,9-11,19H,5-8H2,(H3,18,20,21). The molecule has 0 spiro atoms. The first kappa shape index (κ1) is 14.5. The zero-order valence-electron chi connectivity index (χ0n) is 13.2. The van der Waals surface area contributed by atoms with E-state index in [1.807, 2.05) is 23.1 Å². The van der Waals surface area contributed by atoms with Crippen LogP contribution in [0.15, 0.2) is 42.9 Å². The number of H-pyrrole nitrogens is 2. The topological polar surface area (TPSA) is 101 Å². The molecule has 4 aromatic rings. The maximum Gasteiger partial charge on any atom is 0.197 e. The second-order valence-electron chi connectivity index (χ2n) is 5.86. The number of rotatable bonds is 6. The van der Waals surface area contributed by atoms with Crippen LogP contribution in [0.25, 0.3) is 10.9 Å². The number of benzene rings is 1. The molecule has 0 atom stereocenters. The number of aryl methyl sites for hydroxylation is 4. The van der Waals surface area contributed by atoms with E-state index in [2.05, 4.69) is 49.7 Å². The lowest BCUT2D eigenvalue weighted by Gasteiger charge is -1.99. The van der Waals surface area contributed by atoms with Crippen LogP contribution in [0.2, 0.25) is 0 Å². The number of nitrogens with two attached hydrogens (primary N) is 1. The van der Waals surface area contributed by atoms with Gasteiger partial charge >= 0.3 is 0 Å². The van der Waals surface area contributed by atoms with Crippen LogP contribution in [-0.4, -0.2) is 29.9 Å². The summed E-state index contributed by atoms with van der Waals surface area (Å²) < 4.78 is 1.90.